The fourth-order valence-electron chi connectivity index (χ4n) is 2.78. The molecule has 0 aliphatic heterocycles. The van der Waals surface area contributed by atoms with Gasteiger partial charge in [0.1, 0.15) is 5.54 Å². The lowest BCUT2D eigenvalue weighted by atomic mass is 9.87. The molecule has 1 rings (SSSR count). The molecular weight excluding hydrogens is 252 g/mol. The molecule has 3 N–H and O–H groups in total. The highest BCUT2D eigenvalue weighted by Gasteiger charge is 2.41. The second kappa shape index (κ2) is 7.90. The molecule has 1 atom stereocenters. The van der Waals surface area contributed by atoms with Crippen molar-refractivity contribution in [3.63, 3.8) is 0 Å². The minimum absolute atomic E-state index is 0.579. The van der Waals surface area contributed by atoms with Gasteiger partial charge in [0.15, 0.2) is 0 Å². The number of rotatable bonds is 9. The predicted molar refractivity (Wildman–Crippen MR) is 83.0 cm³/mol. The minimum atomic E-state index is -0.842. The van der Waals surface area contributed by atoms with E-state index in [1.807, 2.05) is 49.1 Å². The highest BCUT2D eigenvalue weighted by Crippen LogP contribution is 2.31. The topological polar surface area (TPSA) is 66.6 Å². The first-order valence-corrected chi connectivity index (χ1v) is 7.38. The van der Waals surface area contributed by atoms with Crippen LogP contribution >= 0.6 is 0 Å². The molecule has 0 aromatic heterocycles. The van der Waals surface area contributed by atoms with Gasteiger partial charge >= 0.3 is 5.97 Å². The normalized spacial score (nSPS) is 13.8. The Balaban J connectivity index is 3.09. The Labute approximate surface area is 121 Å². The summed E-state index contributed by atoms with van der Waals surface area (Å²) in [5.74, 6) is -0.747. The molecule has 1 aromatic carbocycles. The summed E-state index contributed by atoms with van der Waals surface area (Å²) in [5.41, 5.74) is 5.66. The molecule has 0 saturated carbocycles. The van der Waals surface area contributed by atoms with Crippen LogP contribution in [0.15, 0.2) is 30.3 Å². The van der Waals surface area contributed by atoms with Gasteiger partial charge < -0.3 is 15.7 Å². The van der Waals surface area contributed by atoms with Gasteiger partial charge in [0, 0.05) is 12.2 Å². The first-order valence-electron chi connectivity index (χ1n) is 7.38. The smallest absolute Gasteiger partial charge is 0.329 e. The molecule has 0 fully saturated rings. The Kier molecular flexibility index (Phi) is 6.52. The van der Waals surface area contributed by atoms with Crippen molar-refractivity contribution in [1.29, 1.82) is 0 Å². The van der Waals surface area contributed by atoms with Gasteiger partial charge in [-0.05, 0) is 51.3 Å². The van der Waals surface area contributed by atoms with E-state index in [0.29, 0.717) is 25.9 Å². The fourth-order valence-corrected chi connectivity index (χ4v) is 2.78. The van der Waals surface area contributed by atoms with Crippen LogP contribution in [-0.4, -0.2) is 29.7 Å². The number of nitrogens with two attached hydrogens (primary N) is 1. The van der Waals surface area contributed by atoms with E-state index < -0.39 is 11.5 Å². The zero-order valence-electron chi connectivity index (χ0n) is 12.5. The van der Waals surface area contributed by atoms with Gasteiger partial charge in [0.05, 0.1) is 0 Å². The number of carboxylic acids is 1. The van der Waals surface area contributed by atoms with Crippen molar-refractivity contribution in [3.8, 4) is 0 Å². The van der Waals surface area contributed by atoms with Crippen molar-refractivity contribution < 1.29 is 9.90 Å². The van der Waals surface area contributed by atoms with E-state index in [2.05, 4.69) is 0 Å². The molecule has 0 radical (unpaired) electrons. The van der Waals surface area contributed by atoms with Gasteiger partial charge in [0.25, 0.3) is 0 Å². The molecule has 4 nitrogen and oxygen atoms in total. The molecule has 0 bridgehead atoms. The molecule has 0 spiro atoms. The van der Waals surface area contributed by atoms with Crippen LogP contribution in [0.5, 0.6) is 0 Å². The van der Waals surface area contributed by atoms with Crippen LogP contribution < -0.4 is 10.6 Å². The quantitative estimate of drug-likeness (QED) is 0.682. The first-order chi connectivity index (χ1) is 9.62. The van der Waals surface area contributed by atoms with Crippen LogP contribution in [0.3, 0.4) is 0 Å². The van der Waals surface area contributed by atoms with Gasteiger partial charge in [-0.1, -0.05) is 25.1 Å². The monoisotopic (exact) mass is 278 g/mol. The number of likely N-dealkylation sites (N-methyl/N-ethyl adjacent to an activating group) is 1. The summed E-state index contributed by atoms with van der Waals surface area (Å²) in [5, 5.41) is 9.81. The molecule has 20 heavy (non-hydrogen) atoms. The predicted octanol–water partition coefficient (Wildman–Crippen LogP) is 2.88. The second-order valence-corrected chi connectivity index (χ2v) is 5.02. The molecule has 0 unspecified atom stereocenters. The van der Waals surface area contributed by atoms with E-state index in [9.17, 15) is 9.90 Å². The standard InChI is InChI=1S/C16H26N2O2/c1-3-16(15(19)20,12-8-9-13-17)18(4-2)14-10-6-5-7-11-14/h5-7,10-11H,3-4,8-9,12-13,17H2,1-2H3,(H,19,20)/t16-/m0/s1. The van der Waals surface area contributed by atoms with Crippen LogP contribution in [0.2, 0.25) is 0 Å². The Morgan fingerprint density at radius 1 is 1.25 bits per heavy atom. The maximum atomic E-state index is 11.9. The SMILES string of the molecule is CCN(c1ccccc1)[C@@](CC)(CCCCN)C(=O)O. The van der Waals surface area contributed by atoms with E-state index in [1.54, 1.807) is 0 Å². The van der Waals surface area contributed by atoms with Crippen molar-refractivity contribution in [2.45, 2.75) is 45.1 Å². The molecule has 0 heterocycles. The second-order valence-electron chi connectivity index (χ2n) is 5.02. The number of para-hydroxylation sites is 1. The van der Waals surface area contributed by atoms with Crippen molar-refractivity contribution >= 4 is 11.7 Å². The number of benzene rings is 1. The van der Waals surface area contributed by atoms with E-state index in [4.69, 9.17) is 5.73 Å². The summed E-state index contributed by atoms with van der Waals surface area (Å²) in [7, 11) is 0. The summed E-state index contributed by atoms with van der Waals surface area (Å²) >= 11 is 0. The zero-order chi connectivity index (χ0) is 15.0. The number of hydrogen-bond donors (Lipinski definition) is 2. The van der Waals surface area contributed by atoms with Gasteiger partial charge in [0.2, 0.25) is 0 Å². The number of nitrogens with zero attached hydrogens (tertiary/aromatic N) is 1. The number of hydrogen-bond acceptors (Lipinski definition) is 3. The molecule has 0 amide bonds. The molecule has 0 aliphatic rings. The van der Waals surface area contributed by atoms with Crippen LogP contribution in [0.25, 0.3) is 0 Å². The van der Waals surface area contributed by atoms with Gasteiger partial charge in [-0.3, -0.25) is 0 Å². The van der Waals surface area contributed by atoms with E-state index in [-0.39, 0.29) is 0 Å². The maximum absolute atomic E-state index is 11.9. The summed E-state index contributed by atoms with van der Waals surface area (Å²) in [6.07, 6.45) is 2.90. The molecule has 1 aromatic rings. The molecule has 112 valence electrons. The average molecular weight is 278 g/mol. The van der Waals surface area contributed by atoms with Gasteiger partial charge in [-0.2, -0.15) is 0 Å². The number of carboxylic acid groups (broad SMARTS) is 1. The Bertz CT molecular complexity index is 408. The van der Waals surface area contributed by atoms with Crippen LogP contribution in [0.4, 0.5) is 5.69 Å². The third-order valence-electron chi connectivity index (χ3n) is 3.93. The van der Waals surface area contributed by atoms with Gasteiger partial charge in [-0.15, -0.1) is 0 Å². The fraction of sp³-hybridized carbons (Fsp3) is 0.562. The van der Waals surface area contributed by atoms with Crippen molar-refractivity contribution in [3.05, 3.63) is 30.3 Å². The Morgan fingerprint density at radius 3 is 2.35 bits per heavy atom. The van der Waals surface area contributed by atoms with Gasteiger partial charge in [-0.25, -0.2) is 4.79 Å². The summed E-state index contributed by atoms with van der Waals surface area (Å²) in [6.45, 7) is 5.23. The van der Waals surface area contributed by atoms with E-state index >= 15 is 0 Å². The summed E-state index contributed by atoms with van der Waals surface area (Å²) < 4.78 is 0. The lowest BCUT2D eigenvalue weighted by Gasteiger charge is -2.41. The highest BCUT2D eigenvalue weighted by atomic mass is 16.4. The third kappa shape index (κ3) is 3.51. The van der Waals surface area contributed by atoms with Crippen LogP contribution in [-0.2, 0) is 4.79 Å². The average Bonchev–Trinajstić information content (AvgIpc) is 2.47. The molecule has 4 heteroatoms. The van der Waals surface area contributed by atoms with Crippen molar-refractivity contribution in [2.24, 2.45) is 5.73 Å². The third-order valence-corrected chi connectivity index (χ3v) is 3.93. The largest absolute Gasteiger partial charge is 0.479 e. The van der Waals surface area contributed by atoms with E-state index in [0.717, 1.165) is 18.5 Å². The van der Waals surface area contributed by atoms with Crippen molar-refractivity contribution in [1.82, 2.24) is 0 Å². The van der Waals surface area contributed by atoms with E-state index in [1.165, 1.54) is 0 Å². The first kappa shape index (κ1) is 16.5. The number of aliphatic carboxylic acids is 1. The van der Waals surface area contributed by atoms with Crippen LogP contribution in [0.1, 0.15) is 39.5 Å². The number of unbranched alkanes of at least 4 members (excludes halogenated alkanes) is 1. The van der Waals surface area contributed by atoms with Crippen LogP contribution in [0, 0.1) is 0 Å². The maximum Gasteiger partial charge on any atom is 0.329 e. The zero-order valence-corrected chi connectivity index (χ0v) is 12.5. The minimum Gasteiger partial charge on any atom is -0.479 e. The summed E-state index contributed by atoms with van der Waals surface area (Å²) in [6, 6.07) is 9.78. The van der Waals surface area contributed by atoms with Crippen molar-refractivity contribution in [2.75, 3.05) is 18.0 Å². The summed E-state index contributed by atoms with van der Waals surface area (Å²) in [4.78, 5) is 14.0. The molecule has 0 saturated heterocycles. The lowest BCUT2D eigenvalue weighted by molar-refractivity contribution is -0.144. The lowest BCUT2D eigenvalue weighted by Crippen LogP contribution is -2.54. The molecular formula is C16H26N2O2. The number of carbonyl (C=O) groups is 1. The Hall–Kier alpha value is -1.55. The Morgan fingerprint density at radius 2 is 1.90 bits per heavy atom. The number of anilines is 1. The highest BCUT2D eigenvalue weighted by molar-refractivity contribution is 5.83. The molecule has 0 aliphatic carbocycles.